The average molecular weight is 223 g/mol. The summed E-state index contributed by atoms with van der Waals surface area (Å²) in [6.45, 7) is 1.36. The molecule has 2 rings (SSSR count). The third-order valence-electron chi connectivity index (χ3n) is 2.58. The van der Waals surface area contributed by atoms with E-state index in [-0.39, 0.29) is 12.3 Å². The lowest BCUT2D eigenvalue weighted by Gasteiger charge is -2.20. The number of nitrogens with one attached hydrogen (secondary N) is 1. The van der Waals surface area contributed by atoms with E-state index in [0.29, 0.717) is 13.2 Å². The van der Waals surface area contributed by atoms with E-state index in [2.05, 4.69) is 17.6 Å². The molecule has 0 saturated carbocycles. The number of hydroxylamine groups is 1. The molecule has 1 aromatic carbocycles. The van der Waals surface area contributed by atoms with Gasteiger partial charge in [0.25, 0.3) is 0 Å². The third-order valence-corrected chi connectivity index (χ3v) is 2.58. The summed E-state index contributed by atoms with van der Waals surface area (Å²) in [5, 5.41) is 0. The van der Waals surface area contributed by atoms with Crippen LogP contribution in [-0.2, 0) is 14.3 Å². The fourth-order valence-electron chi connectivity index (χ4n) is 1.82. The Bertz CT molecular complexity index is 298. The van der Waals surface area contributed by atoms with Crippen molar-refractivity contribution in [3.63, 3.8) is 0 Å². The highest BCUT2D eigenvalue weighted by Gasteiger charge is 2.22. The van der Waals surface area contributed by atoms with E-state index in [4.69, 9.17) is 14.3 Å². The lowest BCUT2D eigenvalue weighted by Crippen LogP contribution is -2.25. The molecule has 4 nitrogen and oxygen atoms in total. The van der Waals surface area contributed by atoms with Gasteiger partial charge in [-0.25, -0.2) is 0 Å². The zero-order valence-corrected chi connectivity index (χ0v) is 9.39. The summed E-state index contributed by atoms with van der Waals surface area (Å²) in [5.74, 6) is 0. The van der Waals surface area contributed by atoms with Gasteiger partial charge in [0.15, 0.2) is 6.29 Å². The second kappa shape index (κ2) is 5.96. The largest absolute Gasteiger partial charge is 0.350 e. The molecule has 1 fully saturated rings. The first-order valence-corrected chi connectivity index (χ1v) is 5.47. The zero-order valence-electron chi connectivity index (χ0n) is 9.39. The molecule has 1 heterocycles. The van der Waals surface area contributed by atoms with Crippen LogP contribution in [0, 0.1) is 0 Å². The summed E-state index contributed by atoms with van der Waals surface area (Å²) in [7, 11) is 1.62. The van der Waals surface area contributed by atoms with Gasteiger partial charge in [0, 0.05) is 6.42 Å². The van der Waals surface area contributed by atoms with Crippen LogP contribution in [0.15, 0.2) is 30.3 Å². The summed E-state index contributed by atoms with van der Waals surface area (Å²) in [6, 6.07) is 10.2. The molecule has 0 aromatic heterocycles. The fourth-order valence-corrected chi connectivity index (χ4v) is 1.82. The van der Waals surface area contributed by atoms with E-state index in [1.807, 2.05) is 18.2 Å². The second-order valence-electron chi connectivity index (χ2n) is 3.69. The predicted octanol–water partition coefficient (Wildman–Crippen LogP) is 1.64. The number of rotatable bonds is 5. The van der Waals surface area contributed by atoms with Crippen LogP contribution in [0.3, 0.4) is 0 Å². The lowest BCUT2D eigenvalue weighted by molar-refractivity contribution is -0.0662. The van der Waals surface area contributed by atoms with Gasteiger partial charge in [-0.3, -0.25) is 0 Å². The minimum Gasteiger partial charge on any atom is -0.350 e. The van der Waals surface area contributed by atoms with Gasteiger partial charge in [-0.05, 0) is 5.56 Å². The van der Waals surface area contributed by atoms with Gasteiger partial charge in [0.2, 0.25) is 0 Å². The van der Waals surface area contributed by atoms with Crippen molar-refractivity contribution in [1.82, 2.24) is 5.48 Å². The smallest absolute Gasteiger partial charge is 0.159 e. The van der Waals surface area contributed by atoms with Gasteiger partial charge in [0.1, 0.15) is 0 Å². The SMILES string of the molecule is CONC(CC1OCCO1)c1ccccc1. The van der Waals surface area contributed by atoms with Gasteiger partial charge in [-0.2, -0.15) is 5.48 Å². The van der Waals surface area contributed by atoms with Crippen LogP contribution >= 0.6 is 0 Å². The maximum Gasteiger partial charge on any atom is 0.159 e. The van der Waals surface area contributed by atoms with Crippen LogP contribution in [0.1, 0.15) is 18.0 Å². The number of hydrogen-bond donors (Lipinski definition) is 1. The Morgan fingerprint density at radius 3 is 2.62 bits per heavy atom. The molecule has 0 bridgehead atoms. The Kier molecular flexibility index (Phi) is 4.30. The summed E-state index contributed by atoms with van der Waals surface area (Å²) < 4.78 is 10.9. The molecule has 88 valence electrons. The van der Waals surface area contributed by atoms with Crippen LogP contribution in [0.25, 0.3) is 0 Å². The molecule has 0 amide bonds. The maximum atomic E-state index is 5.43. The molecular weight excluding hydrogens is 206 g/mol. The first-order valence-electron chi connectivity index (χ1n) is 5.47. The van der Waals surface area contributed by atoms with Crippen molar-refractivity contribution in [2.24, 2.45) is 0 Å². The second-order valence-corrected chi connectivity index (χ2v) is 3.69. The van der Waals surface area contributed by atoms with Crippen LogP contribution in [-0.4, -0.2) is 26.6 Å². The van der Waals surface area contributed by atoms with Crippen LogP contribution in [0.4, 0.5) is 0 Å². The predicted molar refractivity (Wildman–Crippen MR) is 59.6 cm³/mol. The molecule has 1 unspecified atom stereocenters. The Morgan fingerprint density at radius 2 is 2.00 bits per heavy atom. The highest BCUT2D eigenvalue weighted by molar-refractivity contribution is 5.18. The fraction of sp³-hybridized carbons (Fsp3) is 0.500. The van der Waals surface area contributed by atoms with E-state index in [9.17, 15) is 0 Å². The normalized spacial score (nSPS) is 18.8. The van der Waals surface area contributed by atoms with E-state index in [1.165, 1.54) is 5.56 Å². The highest BCUT2D eigenvalue weighted by Crippen LogP contribution is 2.22. The molecule has 1 N–H and O–H groups in total. The van der Waals surface area contributed by atoms with Crippen molar-refractivity contribution in [2.45, 2.75) is 18.8 Å². The molecule has 0 spiro atoms. The minimum absolute atomic E-state index is 0.0919. The first kappa shape index (κ1) is 11.5. The van der Waals surface area contributed by atoms with E-state index >= 15 is 0 Å². The van der Waals surface area contributed by atoms with Gasteiger partial charge >= 0.3 is 0 Å². The van der Waals surface area contributed by atoms with Crippen molar-refractivity contribution < 1.29 is 14.3 Å². The lowest BCUT2D eigenvalue weighted by atomic mass is 10.0. The molecule has 0 aliphatic carbocycles. The van der Waals surface area contributed by atoms with Gasteiger partial charge < -0.3 is 14.3 Å². The van der Waals surface area contributed by atoms with Gasteiger partial charge in [-0.1, -0.05) is 30.3 Å². The third kappa shape index (κ3) is 3.02. The average Bonchev–Trinajstić information content (AvgIpc) is 2.83. The molecule has 1 aliphatic heterocycles. The summed E-state index contributed by atoms with van der Waals surface area (Å²) >= 11 is 0. The number of hydrogen-bond acceptors (Lipinski definition) is 4. The minimum atomic E-state index is -0.132. The Morgan fingerprint density at radius 1 is 1.31 bits per heavy atom. The number of ether oxygens (including phenoxy) is 2. The van der Waals surface area contributed by atoms with Crippen molar-refractivity contribution in [3.8, 4) is 0 Å². The van der Waals surface area contributed by atoms with Crippen molar-refractivity contribution in [1.29, 1.82) is 0 Å². The van der Waals surface area contributed by atoms with Crippen LogP contribution in [0.5, 0.6) is 0 Å². The standard InChI is InChI=1S/C12H17NO3/c1-14-13-11(9-12-15-7-8-16-12)10-5-3-2-4-6-10/h2-6,11-13H,7-9H2,1H3. The Labute approximate surface area is 95.5 Å². The quantitative estimate of drug-likeness (QED) is 0.770. The Balaban J connectivity index is 1.99. The van der Waals surface area contributed by atoms with Crippen molar-refractivity contribution in [3.05, 3.63) is 35.9 Å². The van der Waals surface area contributed by atoms with Crippen LogP contribution < -0.4 is 5.48 Å². The Hall–Kier alpha value is -0.940. The molecule has 0 radical (unpaired) electrons. The summed E-state index contributed by atoms with van der Waals surface area (Å²) in [4.78, 5) is 5.01. The van der Waals surface area contributed by atoms with Crippen molar-refractivity contribution >= 4 is 0 Å². The molecule has 4 heteroatoms. The topological polar surface area (TPSA) is 39.7 Å². The maximum absolute atomic E-state index is 5.43. The zero-order chi connectivity index (χ0) is 11.2. The molecule has 16 heavy (non-hydrogen) atoms. The van der Waals surface area contributed by atoms with Gasteiger partial charge in [-0.15, -0.1) is 0 Å². The van der Waals surface area contributed by atoms with Crippen LogP contribution in [0.2, 0.25) is 0 Å². The van der Waals surface area contributed by atoms with Gasteiger partial charge in [0.05, 0.1) is 26.4 Å². The van der Waals surface area contributed by atoms with E-state index in [0.717, 1.165) is 6.42 Å². The van der Waals surface area contributed by atoms with E-state index < -0.39 is 0 Å². The molecule has 1 aromatic rings. The first-order chi connectivity index (χ1) is 7.90. The van der Waals surface area contributed by atoms with Crippen molar-refractivity contribution in [2.75, 3.05) is 20.3 Å². The van der Waals surface area contributed by atoms with E-state index in [1.54, 1.807) is 7.11 Å². The highest BCUT2D eigenvalue weighted by atomic mass is 16.7. The monoisotopic (exact) mass is 223 g/mol. The molecular formula is C12H17NO3. The molecule has 1 saturated heterocycles. The molecule has 1 atom stereocenters. The number of benzene rings is 1. The summed E-state index contributed by atoms with van der Waals surface area (Å²) in [6.07, 6.45) is 0.616. The summed E-state index contributed by atoms with van der Waals surface area (Å²) in [5.41, 5.74) is 4.14. The molecule has 1 aliphatic rings.